The average Bonchev–Trinajstić information content (AvgIpc) is 3.32. The number of hydrogen-bond donors (Lipinski definition) is 2. The number of fused-ring (bicyclic) bond motifs is 1. The van der Waals surface area contributed by atoms with E-state index >= 15 is 0 Å². The summed E-state index contributed by atoms with van der Waals surface area (Å²) in [6.07, 6.45) is 1.60. The Bertz CT molecular complexity index is 1390. The molecule has 4 rings (SSSR count). The molecule has 0 unspecified atom stereocenters. The second-order valence-electron chi connectivity index (χ2n) is 6.55. The van der Waals surface area contributed by atoms with Crippen LogP contribution in [0.4, 0.5) is 0 Å². The number of primary sulfonamides is 1. The van der Waals surface area contributed by atoms with Crippen molar-refractivity contribution in [3.63, 3.8) is 0 Å². The molecule has 2 heterocycles. The number of furan rings is 1. The zero-order valence-electron chi connectivity index (χ0n) is 15.4. The predicted molar refractivity (Wildman–Crippen MR) is 110 cm³/mol. The van der Waals surface area contributed by atoms with E-state index in [-0.39, 0.29) is 4.90 Å². The number of nitrogens with zero attached hydrogens (tertiary/aromatic N) is 2. The van der Waals surface area contributed by atoms with E-state index < -0.39 is 10.0 Å². The first-order chi connectivity index (χ1) is 13.8. The van der Waals surface area contributed by atoms with Crippen molar-refractivity contribution in [3.05, 3.63) is 71.7 Å². The molecule has 4 aromatic rings. The third-order valence-electron chi connectivity index (χ3n) is 4.39. The fraction of sp³-hybridized carbons (Fsp3) is 0.0476. The Morgan fingerprint density at radius 1 is 1.17 bits per heavy atom. The SMILES string of the molecule is Cc1ccc2nc(/C(C#N)=C/c3ccc(-c4ccc(S(N)(=O)=O)cc4)o3)[nH]c2c1. The standard InChI is InChI=1S/C21H16N4O3S/c1-13-2-8-18-19(10-13)25-21(24-18)15(12-22)11-16-5-9-20(28-16)14-3-6-17(7-4-14)29(23,26)27/h2-11H,1H3,(H,24,25)(H2,23,26,27)/b15-11+. The van der Waals surface area contributed by atoms with Crippen molar-refractivity contribution >= 4 is 32.7 Å². The highest BCUT2D eigenvalue weighted by molar-refractivity contribution is 7.89. The molecule has 3 N–H and O–H groups in total. The van der Waals surface area contributed by atoms with Crippen LogP contribution < -0.4 is 5.14 Å². The lowest BCUT2D eigenvalue weighted by Crippen LogP contribution is -2.11. The number of rotatable bonds is 4. The Labute approximate surface area is 167 Å². The number of aromatic nitrogens is 2. The maximum Gasteiger partial charge on any atom is 0.238 e. The van der Waals surface area contributed by atoms with Crippen LogP contribution in [0.15, 0.2) is 63.9 Å². The molecule has 0 aliphatic rings. The van der Waals surface area contributed by atoms with Crippen LogP contribution in [-0.2, 0) is 10.0 Å². The van der Waals surface area contributed by atoms with Gasteiger partial charge in [-0.25, -0.2) is 18.5 Å². The maximum atomic E-state index is 11.4. The minimum atomic E-state index is -3.75. The summed E-state index contributed by atoms with van der Waals surface area (Å²) < 4.78 is 28.5. The van der Waals surface area contributed by atoms with Crippen LogP contribution in [0.5, 0.6) is 0 Å². The molecule has 7 nitrogen and oxygen atoms in total. The van der Waals surface area contributed by atoms with Gasteiger partial charge in [0.15, 0.2) is 0 Å². The third kappa shape index (κ3) is 3.82. The highest BCUT2D eigenvalue weighted by Crippen LogP contribution is 2.26. The molecule has 0 bridgehead atoms. The van der Waals surface area contributed by atoms with Gasteiger partial charge in [-0.05, 0) is 61.0 Å². The Balaban J connectivity index is 1.65. The van der Waals surface area contributed by atoms with Crippen molar-refractivity contribution in [1.29, 1.82) is 5.26 Å². The molecule has 2 aromatic heterocycles. The van der Waals surface area contributed by atoms with E-state index in [4.69, 9.17) is 9.56 Å². The second kappa shape index (κ2) is 7.05. The van der Waals surface area contributed by atoms with E-state index in [9.17, 15) is 13.7 Å². The molecule has 0 spiro atoms. The average molecular weight is 404 g/mol. The molecule has 0 atom stereocenters. The quantitative estimate of drug-likeness (QED) is 0.500. The lowest BCUT2D eigenvalue weighted by atomic mass is 10.2. The lowest BCUT2D eigenvalue weighted by Gasteiger charge is -2.00. The van der Waals surface area contributed by atoms with E-state index in [1.165, 1.54) is 12.1 Å². The predicted octanol–water partition coefficient (Wildman–Crippen LogP) is 3.84. The van der Waals surface area contributed by atoms with Crippen LogP contribution in [0, 0.1) is 18.3 Å². The smallest absolute Gasteiger partial charge is 0.238 e. The van der Waals surface area contributed by atoms with Gasteiger partial charge in [0.05, 0.1) is 21.5 Å². The van der Waals surface area contributed by atoms with Gasteiger partial charge in [-0.2, -0.15) is 5.26 Å². The monoisotopic (exact) mass is 404 g/mol. The number of nitrogens with one attached hydrogen (secondary N) is 1. The summed E-state index contributed by atoms with van der Waals surface area (Å²) in [5.41, 5.74) is 3.76. The number of aryl methyl sites for hydroxylation is 1. The van der Waals surface area contributed by atoms with Crippen LogP contribution >= 0.6 is 0 Å². The zero-order chi connectivity index (χ0) is 20.6. The van der Waals surface area contributed by atoms with Crippen molar-refractivity contribution in [2.24, 2.45) is 5.14 Å². The van der Waals surface area contributed by atoms with Crippen LogP contribution in [-0.4, -0.2) is 18.4 Å². The fourth-order valence-corrected chi connectivity index (χ4v) is 3.46. The van der Waals surface area contributed by atoms with E-state index in [0.717, 1.165) is 16.6 Å². The first-order valence-electron chi connectivity index (χ1n) is 8.65. The summed E-state index contributed by atoms with van der Waals surface area (Å²) in [6, 6.07) is 17.5. The third-order valence-corrected chi connectivity index (χ3v) is 5.32. The molecule has 0 fully saturated rings. The van der Waals surface area contributed by atoms with Gasteiger partial charge in [0.2, 0.25) is 10.0 Å². The number of allylic oxidation sites excluding steroid dienone is 1. The molecule has 0 saturated carbocycles. The van der Waals surface area contributed by atoms with Gasteiger partial charge < -0.3 is 9.40 Å². The van der Waals surface area contributed by atoms with E-state index in [2.05, 4.69) is 16.0 Å². The molecule has 8 heteroatoms. The molecular weight excluding hydrogens is 388 g/mol. The fourth-order valence-electron chi connectivity index (χ4n) is 2.94. The van der Waals surface area contributed by atoms with Gasteiger partial charge >= 0.3 is 0 Å². The number of nitriles is 1. The summed E-state index contributed by atoms with van der Waals surface area (Å²) in [5, 5.41) is 14.7. The van der Waals surface area contributed by atoms with Gasteiger partial charge in [-0.1, -0.05) is 6.07 Å². The highest BCUT2D eigenvalue weighted by atomic mass is 32.2. The van der Waals surface area contributed by atoms with E-state index in [0.29, 0.717) is 28.5 Å². The Morgan fingerprint density at radius 2 is 1.93 bits per heavy atom. The van der Waals surface area contributed by atoms with Crippen LogP contribution in [0.2, 0.25) is 0 Å². The van der Waals surface area contributed by atoms with Crippen molar-refractivity contribution in [2.45, 2.75) is 11.8 Å². The van der Waals surface area contributed by atoms with Crippen LogP contribution in [0.1, 0.15) is 17.1 Å². The molecule has 0 aliphatic heterocycles. The lowest BCUT2D eigenvalue weighted by molar-refractivity contribution is 0.571. The molecule has 144 valence electrons. The summed E-state index contributed by atoms with van der Waals surface area (Å²) in [4.78, 5) is 7.64. The molecule has 0 amide bonds. The number of sulfonamides is 1. The van der Waals surface area contributed by atoms with E-state index in [1.807, 2.05) is 25.1 Å². The number of benzene rings is 2. The van der Waals surface area contributed by atoms with Crippen LogP contribution in [0.3, 0.4) is 0 Å². The molecule has 2 aromatic carbocycles. The highest BCUT2D eigenvalue weighted by Gasteiger charge is 2.11. The second-order valence-corrected chi connectivity index (χ2v) is 8.11. The minimum absolute atomic E-state index is 0.0276. The molecule has 0 saturated heterocycles. The summed E-state index contributed by atoms with van der Waals surface area (Å²) >= 11 is 0. The van der Waals surface area contributed by atoms with Gasteiger partial charge in [0, 0.05) is 11.6 Å². The molecule has 0 aliphatic carbocycles. The number of imidazole rings is 1. The van der Waals surface area contributed by atoms with Crippen molar-refractivity contribution in [2.75, 3.05) is 0 Å². The normalized spacial score (nSPS) is 12.2. The van der Waals surface area contributed by atoms with Crippen molar-refractivity contribution < 1.29 is 12.8 Å². The Morgan fingerprint density at radius 3 is 2.62 bits per heavy atom. The number of hydrogen-bond acceptors (Lipinski definition) is 5. The zero-order valence-corrected chi connectivity index (χ0v) is 16.2. The number of H-pyrrole nitrogens is 1. The molecular formula is C21H16N4O3S. The van der Waals surface area contributed by atoms with Gasteiger partial charge in [-0.3, -0.25) is 0 Å². The van der Waals surface area contributed by atoms with Crippen molar-refractivity contribution in [3.8, 4) is 17.4 Å². The van der Waals surface area contributed by atoms with Gasteiger partial charge in [0.25, 0.3) is 0 Å². The van der Waals surface area contributed by atoms with Gasteiger partial charge in [0.1, 0.15) is 23.4 Å². The summed E-state index contributed by atoms with van der Waals surface area (Å²) in [7, 11) is -3.75. The summed E-state index contributed by atoms with van der Waals surface area (Å²) in [5.74, 6) is 1.47. The minimum Gasteiger partial charge on any atom is -0.457 e. The topological polar surface area (TPSA) is 126 Å². The largest absolute Gasteiger partial charge is 0.457 e. The molecule has 0 radical (unpaired) electrons. The van der Waals surface area contributed by atoms with E-state index in [1.54, 1.807) is 30.3 Å². The van der Waals surface area contributed by atoms with Gasteiger partial charge in [-0.15, -0.1) is 0 Å². The first-order valence-corrected chi connectivity index (χ1v) is 10.2. The molecule has 29 heavy (non-hydrogen) atoms. The Hall–Kier alpha value is -3.67. The van der Waals surface area contributed by atoms with Crippen LogP contribution in [0.25, 0.3) is 34.0 Å². The number of nitrogens with two attached hydrogens (primary N) is 1. The Kier molecular flexibility index (Phi) is 4.54. The maximum absolute atomic E-state index is 11.4. The number of aromatic amines is 1. The van der Waals surface area contributed by atoms with Crippen molar-refractivity contribution in [1.82, 2.24) is 9.97 Å². The summed E-state index contributed by atoms with van der Waals surface area (Å²) in [6.45, 7) is 1.99. The first kappa shape index (κ1) is 18.7.